The van der Waals surface area contributed by atoms with Gasteiger partial charge in [0.15, 0.2) is 11.6 Å². The Balaban J connectivity index is 0.000000178. The number of ether oxygens (including phenoxy) is 5. The fourth-order valence-corrected chi connectivity index (χ4v) is 5.94. The van der Waals surface area contributed by atoms with Crippen molar-refractivity contribution in [3.8, 4) is 0 Å². The number of hydrogen-bond donors (Lipinski definition) is 3. The van der Waals surface area contributed by atoms with E-state index in [1.165, 1.54) is 13.2 Å². The summed E-state index contributed by atoms with van der Waals surface area (Å²) in [6, 6.07) is 9.89. The molecule has 2 aromatic heterocycles. The third kappa shape index (κ3) is 8.40. The molecule has 3 N–H and O–H groups in total. The highest BCUT2D eigenvalue weighted by Gasteiger charge is 2.45. The van der Waals surface area contributed by atoms with Crippen LogP contribution in [0.3, 0.4) is 0 Å². The lowest BCUT2D eigenvalue weighted by Gasteiger charge is -2.39. The summed E-state index contributed by atoms with van der Waals surface area (Å²) in [7, 11) is 1.32. The number of carboxylic acids is 1. The minimum atomic E-state index is -1.07. The summed E-state index contributed by atoms with van der Waals surface area (Å²) in [5.41, 5.74) is -0.469. The monoisotopic (exact) mass is 624 g/mol. The quantitative estimate of drug-likeness (QED) is 0.399. The molecule has 0 atom stereocenters. The number of rotatable bonds is 6. The Morgan fingerprint density at radius 1 is 0.689 bits per heavy atom. The summed E-state index contributed by atoms with van der Waals surface area (Å²) < 4.78 is 27.3. The Morgan fingerprint density at radius 3 is 1.49 bits per heavy atom. The van der Waals surface area contributed by atoms with Crippen LogP contribution in [0.4, 0.5) is 0 Å². The van der Waals surface area contributed by atoms with Crippen molar-refractivity contribution in [1.29, 1.82) is 0 Å². The molecule has 4 aliphatic rings. The number of carboxylic acid groups (broad SMARTS) is 1. The van der Waals surface area contributed by atoms with Gasteiger partial charge >= 0.3 is 11.9 Å². The van der Waals surface area contributed by atoms with Crippen LogP contribution in [0.15, 0.2) is 48.6 Å². The van der Waals surface area contributed by atoms with Gasteiger partial charge in [-0.05, 0) is 62.1 Å². The average Bonchev–Trinajstić information content (AvgIpc) is 3.73. The first-order valence-corrected chi connectivity index (χ1v) is 15.2. The van der Waals surface area contributed by atoms with E-state index in [-0.39, 0.29) is 11.4 Å². The van der Waals surface area contributed by atoms with Crippen molar-refractivity contribution in [1.82, 2.24) is 9.97 Å². The van der Waals surface area contributed by atoms with Crippen molar-refractivity contribution in [2.75, 3.05) is 33.5 Å². The van der Waals surface area contributed by atoms with E-state index < -0.39 is 34.7 Å². The SMILES string of the molecule is COC(=O)c1cccc(/C=C/C2(O)CCC3(CC2)OCCO3)n1.O=C(O)c1cccc(/C=C/C2(O)CCC3(CC2)OCCO3)n1. The zero-order chi connectivity index (χ0) is 32.0. The molecule has 2 saturated heterocycles. The highest BCUT2D eigenvalue weighted by atomic mass is 16.7. The van der Waals surface area contributed by atoms with Crippen LogP contribution in [-0.4, -0.2) is 93.5 Å². The van der Waals surface area contributed by atoms with Gasteiger partial charge in [-0.15, -0.1) is 0 Å². The second-order valence-electron chi connectivity index (χ2n) is 11.8. The highest BCUT2D eigenvalue weighted by Crippen LogP contribution is 2.42. The normalized spacial score (nSPS) is 25.0. The molecule has 2 aliphatic carbocycles. The van der Waals surface area contributed by atoms with Crippen molar-refractivity contribution < 1.29 is 48.6 Å². The molecule has 6 rings (SSSR count). The van der Waals surface area contributed by atoms with Gasteiger partial charge in [0.1, 0.15) is 11.4 Å². The molecule has 2 spiro atoms. The van der Waals surface area contributed by atoms with Crippen LogP contribution >= 0.6 is 0 Å². The first-order valence-electron chi connectivity index (χ1n) is 15.2. The Morgan fingerprint density at radius 2 is 1.09 bits per heavy atom. The fourth-order valence-electron chi connectivity index (χ4n) is 5.94. The molecule has 12 nitrogen and oxygen atoms in total. The molecular formula is C33H40N2O10. The van der Waals surface area contributed by atoms with Crippen molar-refractivity contribution in [2.45, 2.75) is 74.1 Å². The van der Waals surface area contributed by atoms with Crippen LogP contribution in [0, 0.1) is 0 Å². The number of carbonyl (C=O) groups is 2. The molecule has 12 heteroatoms. The largest absolute Gasteiger partial charge is 0.477 e. The van der Waals surface area contributed by atoms with Crippen molar-refractivity contribution >= 4 is 24.1 Å². The van der Waals surface area contributed by atoms with Crippen molar-refractivity contribution in [2.24, 2.45) is 0 Å². The number of pyridine rings is 2. The Hall–Kier alpha value is -3.52. The van der Waals surface area contributed by atoms with Crippen LogP contribution in [0.5, 0.6) is 0 Å². The molecule has 0 radical (unpaired) electrons. The number of aromatic carboxylic acids is 1. The molecule has 0 amide bonds. The van der Waals surface area contributed by atoms with Gasteiger partial charge in [0, 0.05) is 25.7 Å². The molecule has 2 saturated carbocycles. The van der Waals surface area contributed by atoms with E-state index in [1.54, 1.807) is 54.6 Å². The van der Waals surface area contributed by atoms with Gasteiger partial charge < -0.3 is 39.0 Å². The zero-order valence-corrected chi connectivity index (χ0v) is 25.4. The molecule has 45 heavy (non-hydrogen) atoms. The lowest BCUT2D eigenvalue weighted by Crippen LogP contribution is -2.42. The lowest BCUT2D eigenvalue weighted by atomic mass is 9.81. The van der Waals surface area contributed by atoms with Gasteiger partial charge in [0.25, 0.3) is 0 Å². The number of methoxy groups -OCH3 is 1. The molecule has 242 valence electrons. The summed E-state index contributed by atoms with van der Waals surface area (Å²) >= 11 is 0. The maximum absolute atomic E-state index is 11.5. The number of nitrogens with zero attached hydrogens (tertiary/aromatic N) is 2. The number of esters is 1. The maximum atomic E-state index is 11.5. The van der Waals surface area contributed by atoms with Crippen LogP contribution in [0.2, 0.25) is 0 Å². The van der Waals surface area contributed by atoms with Gasteiger partial charge in [-0.1, -0.05) is 24.3 Å². The van der Waals surface area contributed by atoms with E-state index in [2.05, 4.69) is 14.7 Å². The summed E-state index contributed by atoms with van der Waals surface area (Å²) in [5.74, 6) is -2.55. The molecule has 2 aliphatic heterocycles. The minimum Gasteiger partial charge on any atom is -0.477 e. The molecule has 2 aromatic rings. The molecular weight excluding hydrogens is 584 g/mol. The van der Waals surface area contributed by atoms with E-state index in [9.17, 15) is 19.8 Å². The molecule has 0 bridgehead atoms. The maximum Gasteiger partial charge on any atom is 0.356 e. The first-order chi connectivity index (χ1) is 21.5. The van der Waals surface area contributed by atoms with Crippen LogP contribution in [0.1, 0.15) is 83.7 Å². The lowest BCUT2D eigenvalue weighted by molar-refractivity contribution is -0.196. The average molecular weight is 625 g/mol. The van der Waals surface area contributed by atoms with E-state index >= 15 is 0 Å². The molecule has 4 heterocycles. The van der Waals surface area contributed by atoms with Crippen molar-refractivity contribution in [3.05, 3.63) is 71.3 Å². The molecule has 0 unspecified atom stereocenters. The number of hydrogen-bond acceptors (Lipinski definition) is 11. The third-order valence-corrected chi connectivity index (χ3v) is 8.67. The number of aromatic nitrogens is 2. The summed E-state index contributed by atoms with van der Waals surface area (Å²) in [4.78, 5) is 30.6. The van der Waals surface area contributed by atoms with Gasteiger partial charge in [0.2, 0.25) is 0 Å². The van der Waals surface area contributed by atoms with Gasteiger partial charge in [-0.3, -0.25) is 0 Å². The number of carbonyl (C=O) groups excluding carboxylic acids is 1. The molecule has 0 aromatic carbocycles. The van der Waals surface area contributed by atoms with Gasteiger partial charge in [0.05, 0.1) is 56.1 Å². The van der Waals surface area contributed by atoms with Gasteiger partial charge in [-0.25, -0.2) is 19.6 Å². The van der Waals surface area contributed by atoms with Crippen LogP contribution < -0.4 is 0 Å². The van der Waals surface area contributed by atoms with Crippen molar-refractivity contribution in [3.63, 3.8) is 0 Å². The third-order valence-electron chi connectivity index (χ3n) is 8.67. The summed E-state index contributed by atoms with van der Waals surface area (Å²) in [5, 5.41) is 30.2. The predicted molar refractivity (Wildman–Crippen MR) is 161 cm³/mol. The molecule has 4 fully saturated rings. The van der Waals surface area contributed by atoms with E-state index in [1.807, 2.05) is 0 Å². The second kappa shape index (κ2) is 13.9. The van der Waals surface area contributed by atoms with Gasteiger partial charge in [-0.2, -0.15) is 0 Å². The Kier molecular flexibility index (Phi) is 10.1. The standard InChI is InChI=1S/C17H21NO5.C16H19NO5/c1-21-15(19)14-4-2-3-13(18-14)5-6-16(20)7-9-17(10-8-16)22-11-12-23-17;18-14(19)13-3-1-2-12(17-13)4-5-15(20)6-8-16(9-7-15)21-10-11-22-16/h2-6,20H,7-12H2,1H3;1-5,20H,6-11H2,(H,18,19)/b6-5+;5-4+. The van der Waals surface area contributed by atoms with E-state index in [0.717, 1.165) is 0 Å². The second-order valence-corrected chi connectivity index (χ2v) is 11.8. The topological polar surface area (TPSA) is 167 Å². The summed E-state index contributed by atoms with van der Waals surface area (Å²) in [6.45, 7) is 2.47. The minimum absolute atomic E-state index is 0.00973. The van der Waals surface area contributed by atoms with E-state index in [0.29, 0.717) is 89.2 Å². The van der Waals surface area contributed by atoms with E-state index in [4.69, 9.17) is 24.1 Å². The van der Waals surface area contributed by atoms with Crippen LogP contribution in [-0.2, 0) is 23.7 Å². The Labute approximate surface area is 261 Å². The Bertz CT molecular complexity index is 1390. The highest BCUT2D eigenvalue weighted by molar-refractivity contribution is 5.87. The number of aliphatic hydroxyl groups is 2. The van der Waals surface area contributed by atoms with Crippen LogP contribution in [0.25, 0.3) is 12.2 Å². The zero-order valence-electron chi connectivity index (χ0n) is 25.4. The first kappa shape index (κ1) is 32.9. The summed E-state index contributed by atoms with van der Waals surface area (Å²) in [6.07, 6.45) is 11.7. The smallest absolute Gasteiger partial charge is 0.356 e. The predicted octanol–water partition coefficient (Wildman–Crippen LogP) is 3.77. The fraction of sp³-hybridized carbons (Fsp3) is 0.515.